The van der Waals surface area contributed by atoms with Crippen LogP contribution in [0.4, 0.5) is 5.69 Å². The Bertz CT molecular complexity index is 1070. The first-order valence-electron chi connectivity index (χ1n) is 9.58. The molecule has 4 rings (SSSR count). The number of rotatable bonds is 3. The highest BCUT2D eigenvalue weighted by atomic mass is 16.2. The number of fused-ring (bicyclic) bond motifs is 1. The van der Waals surface area contributed by atoms with E-state index in [-0.39, 0.29) is 18.0 Å². The Balaban J connectivity index is 1.47. The molecule has 3 heterocycles. The number of nitrogens with zero attached hydrogens (tertiary/aromatic N) is 4. The molecule has 0 radical (unpaired) electrons. The number of para-hydroxylation sites is 1. The van der Waals surface area contributed by atoms with E-state index in [0.29, 0.717) is 24.0 Å². The predicted octanol–water partition coefficient (Wildman–Crippen LogP) is 2.36. The number of amides is 1. The topological polar surface area (TPSA) is 58.4 Å². The molecule has 1 amide bonds. The number of aryl methyl sites for hydroxylation is 2. The van der Waals surface area contributed by atoms with Crippen molar-refractivity contribution in [2.24, 2.45) is 0 Å². The monoisotopic (exact) mass is 376 g/mol. The van der Waals surface area contributed by atoms with E-state index in [1.165, 1.54) is 10.3 Å². The SMILES string of the molecule is Cc1cc(C)c2c(=O)n(CC(=O)N3CCN(c4ccccc4)CC3)ccc2n1. The van der Waals surface area contributed by atoms with Gasteiger partial charge in [0.1, 0.15) is 6.54 Å². The number of pyridine rings is 2. The second-order valence-electron chi connectivity index (χ2n) is 7.29. The van der Waals surface area contributed by atoms with E-state index in [0.717, 1.165) is 24.3 Å². The normalized spacial score (nSPS) is 14.5. The number of aromatic nitrogens is 2. The largest absolute Gasteiger partial charge is 0.368 e. The number of hydrogen-bond donors (Lipinski definition) is 0. The van der Waals surface area contributed by atoms with Crippen LogP contribution in [0.15, 0.2) is 53.5 Å². The number of anilines is 1. The summed E-state index contributed by atoms with van der Waals surface area (Å²) in [7, 11) is 0. The molecular formula is C22H24N4O2. The van der Waals surface area contributed by atoms with Crippen molar-refractivity contribution in [3.05, 3.63) is 70.3 Å². The number of benzene rings is 1. The van der Waals surface area contributed by atoms with Gasteiger partial charge >= 0.3 is 0 Å². The average molecular weight is 376 g/mol. The number of carbonyl (C=O) groups excluding carboxylic acids is 1. The van der Waals surface area contributed by atoms with Crippen molar-refractivity contribution in [1.29, 1.82) is 0 Å². The molecule has 2 aromatic heterocycles. The smallest absolute Gasteiger partial charge is 0.260 e. The molecule has 144 valence electrons. The standard InChI is InChI=1S/C22H24N4O2/c1-16-14-17(2)23-19-8-9-26(22(28)21(16)19)15-20(27)25-12-10-24(11-13-25)18-6-4-3-5-7-18/h3-9,14H,10-13,15H2,1-2H3. The van der Waals surface area contributed by atoms with Gasteiger partial charge in [0.15, 0.2) is 0 Å². The zero-order valence-electron chi connectivity index (χ0n) is 16.3. The Morgan fingerprint density at radius 1 is 1.04 bits per heavy atom. The van der Waals surface area contributed by atoms with Gasteiger partial charge in [0.25, 0.3) is 5.56 Å². The first-order valence-corrected chi connectivity index (χ1v) is 9.58. The van der Waals surface area contributed by atoms with E-state index in [1.807, 2.05) is 49.1 Å². The summed E-state index contributed by atoms with van der Waals surface area (Å²) in [5.41, 5.74) is 3.49. The summed E-state index contributed by atoms with van der Waals surface area (Å²) >= 11 is 0. The molecule has 0 aliphatic carbocycles. The summed E-state index contributed by atoms with van der Waals surface area (Å²) in [6.07, 6.45) is 1.68. The van der Waals surface area contributed by atoms with Gasteiger partial charge in [-0.15, -0.1) is 0 Å². The van der Waals surface area contributed by atoms with Crippen LogP contribution in [-0.4, -0.2) is 46.5 Å². The fourth-order valence-electron chi connectivity index (χ4n) is 3.86. The van der Waals surface area contributed by atoms with E-state index in [1.54, 1.807) is 6.20 Å². The van der Waals surface area contributed by atoms with Crippen molar-refractivity contribution < 1.29 is 4.79 Å². The third-order valence-electron chi connectivity index (χ3n) is 5.32. The average Bonchev–Trinajstić information content (AvgIpc) is 2.70. The lowest BCUT2D eigenvalue weighted by Gasteiger charge is -2.36. The van der Waals surface area contributed by atoms with Crippen molar-refractivity contribution in [2.45, 2.75) is 20.4 Å². The van der Waals surface area contributed by atoms with Crippen LogP contribution < -0.4 is 10.5 Å². The molecule has 6 nitrogen and oxygen atoms in total. The lowest BCUT2D eigenvalue weighted by molar-refractivity contribution is -0.132. The Morgan fingerprint density at radius 2 is 1.75 bits per heavy atom. The van der Waals surface area contributed by atoms with Gasteiger partial charge < -0.3 is 14.4 Å². The van der Waals surface area contributed by atoms with Crippen LogP contribution in [-0.2, 0) is 11.3 Å². The van der Waals surface area contributed by atoms with Gasteiger partial charge in [-0.25, -0.2) is 0 Å². The maximum atomic E-state index is 12.9. The van der Waals surface area contributed by atoms with Gasteiger partial charge in [-0.2, -0.15) is 0 Å². The molecular weight excluding hydrogens is 352 g/mol. The van der Waals surface area contributed by atoms with Gasteiger partial charge in [0.05, 0.1) is 10.9 Å². The molecule has 0 unspecified atom stereocenters. The van der Waals surface area contributed by atoms with E-state index < -0.39 is 0 Å². The van der Waals surface area contributed by atoms with Crippen LogP contribution >= 0.6 is 0 Å². The minimum absolute atomic E-state index is 0.0214. The molecule has 0 bridgehead atoms. The molecule has 0 N–H and O–H groups in total. The highest BCUT2D eigenvalue weighted by Gasteiger charge is 2.22. The lowest BCUT2D eigenvalue weighted by Crippen LogP contribution is -2.50. The van der Waals surface area contributed by atoms with Gasteiger partial charge in [0, 0.05) is 43.8 Å². The quantitative estimate of drug-likeness (QED) is 0.704. The van der Waals surface area contributed by atoms with E-state index >= 15 is 0 Å². The van der Waals surface area contributed by atoms with Crippen LogP contribution in [0.2, 0.25) is 0 Å². The van der Waals surface area contributed by atoms with Gasteiger partial charge in [-0.1, -0.05) is 18.2 Å². The predicted molar refractivity (Wildman–Crippen MR) is 111 cm³/mol. The Labute approximate surface area is 164 Å². The Hall–Kier alpha value is -3.15. The van der Waals surface area contributed by atoms with Crippen molar-refractivity contribution in [3.63, 3.8) is 0 Å². The van der Waals surface area contributed by atoms with Crippen molar-refractivity contribution >= 4 is 22.5 Å². The summed E-state index contributed by atoms with van der Waals surface area (Å²) < 4.78 is 1.50. The summed E-state index contributed by atoms with van der Waals surface area (Å²) in [5, 5.41) is 0.592. The molecule has 0 saturated carbocycles. The molecule has 1 aliphatic rings. The van der Waals surface area contributed by atoms with Crippen LogP contribution in [0.3, 0.4) is 0 Å². The Morgan fingerprint density at radius 3 is 2.46 bits per heavy atom. The summed E-state index contributed by atoms with van der Waals surface area (Å²) in [4.78, 5) is 34.2. The van der Waals surface area contributed by atoms with Gasteiger partial charge in [-0.3, -0.25) is 14.6 Å². The second kappa shape index (κ2) is 7.46. The highest BCUT2D eigenvalue weighted by Crippen LogP contribution is 2.16. The molecule has 28 heavy (non-hydrogen) atoms. The maximum Gasteiger partial charge on any atom is 0.260 e. The zero-order chi connectivity index (χ0) is 19.7. The molecule has 0 spiro atoms. The zero-order valence-corrected chi connectivity index (χ0v) is 16.3. The van der Waals surface area contributed by atoms with Crippen molar-refractivity contribution in [3.8, 4) is 0 Å². The summed E-state index contributed by atoms with van der Waals surface area (Å²) in [5.74, 6) is -0.0214. The Kier molecular flexibility index (Phi) is 4.86. The van der Waals surface area contributed by atoms with E-state index in [9.17, 15) is 9.59 Å². The third kappa shape index (κ3) is 3.50. The molecule has 1 aromatic carbocycles. The van der Waals surface area contributed by atoms with Crippen molar-refractivity contribution in [2.75, 3.05) is 31.1 Å². The van der Waals surface area contributed by atoms with Crippen LogP contribution in [0.25, 0.3) is 10.9 Å². The molecule has 6 heteroatoms. The third-order valence-corrected chi connectivity index (χ3v) is 5.32. The fraction of sp³-hybridized carbons (Fsp3) is 0.318. The summed E-state index contributed by atoms with van der Waals surface area (Å²) in [6.45, 7) is 6.80. The minimum Gasteiger partial charge on any atom is -0.368 e. The minimum atomic E-state index is -0.154. The van der Waals surface area contributed by atoms with Crippen LogP contribution in [0.5, 0.6) is 0 Å². The molecule has 1 aliphatic heterocycles. The lowest BCUT2D eigenvalue weighted by atomic mass is 10.1. The summed E-state index contributed by atoms with van der Waals surface area (Å²) in [6, 6.07) is 13.9. The van der Waals surface area contributed by atoms with Crippen molar-refractivity contribution in [1.82, 2.24) is 14.5 Å². The highest BCUT2D eigenvalue weighted by molar-refractivity contribution is 5.82. The molecule has 0 atom stereocenters. The van der Waals surface area contributed by atoms with E-state index in [4.69, 9.17) is 0 Å². The number of hydrogen-bond acceptors (Lipinski definition) is 4. The number of carbonyl (C=O) groups is 1. The molecule has 3 aromatic rings. The second-order valence-corrected chi connectivity index (χ2v) is 7.29. The number of piperazine rings is 1. The van der Waals surface area contributed by atoms with Gasteiger partial charge in [-0.05, 0) is 43.7 Å². The van der Waals surface area contributed by atoms with E-state index in [2.05, 4.69) is 22.0 Å². The fourth-order valence-corrected chi connectivity index (χ4v) is 3.86. The maximum absolute atomic E-state index is 12.9. The first-order chi connectivity index (χ1) is 13.5. The molecule has 1 saturated heterocycles. The molecule has 1 fully saturated rings. The van der Waals surface area contributed by atoms with Gasteiger partial charge in [0.2, 0.25) is 5.91 Å². The van der Waals surface area contributed by atoms with Crippen LogP contribution in [0.1, 0.15) is 11.3 Å². The van der Waals surface area contributed by atoms with Crippen LogP contribution in [0, 0.1) is 13.8 Å². The first kappa shape index (κ1) is 18.2.